The van der Waals surface area contributed by atoms with E-state index in [4.69, 9.17) is 9.97 Å². The van der Waals surface area contributed by atoms with Crippen LogP contribution in [0.1, 0.15) is 36.4 Å². The van der Waals surface area contributed by atoms with Gasteiger partial charge in [0, 0.05) is 16.5 Å². The van der Waals surface area contributed by atoms with Gasteiger partial charge in [-0.1, -0.05) is 48.0 Å². The maximum atomic E-state index is 13.1. The Kier molecular flexibility index (Phi) is 5.59. The Balaban J connectivity index is 1.73. The van der Waals surface area contributed by atoms with Gasteiger partial charge in [-0.2, -0.15) is 13.2 Å². The number of pyridine rings is 2. The van der Waals surface area contributed by atoms with Crippen LogP contribution in [0.25, 0.3) is 22.5 Å². The van der Waals surface area contributed by atoms with Gasteiger partial charge < -0.3 is 0 Å². The lowest BCUT2D eigenvalue weighted by Crippen LogP contribution is -2.22. The lowest BCUT2D eigenvalue weighted by molar-refractivity contribution is -0.137. The third-order valence-electron chi connectivity index (χ3n) is 5.58. The van der Waals surface area contributed by atoms with Crippen molar-refractivity contribution in [1.82, 2.24) is 9.97 Å². The lowest BCUT2D eigenvalue weighted by Gasteiger charge is -2.25. The zero-order chi connectivity index (χ0) is 22.9. The van der Waals surface area contributed by atoms with Gasteiger partial charge >= 0.3 is 6.18 Å². The van der Waals surface area contributed by atoms with Crippen LogP contribution in [0, 0.1) is 6.92 Å². The van der Waals surface area contributed by atoms with Gasteiger partial charge in [-0.25, -0.2) is 0 Å². The molecular formula is C27H23F3N2. The highest BCUT2D eigenvalue weighted by Gasteiger charge is 2.31. The minimum atomic E-state index is -4.40. The minimum Gasteiger partial charge on any atom is -0.252 e. The Labute approximate surface area is 185 Å². The molecule has 0 radical (unpaired) electrons. The number of hydrogen-bond acceptors (Lipinski definition) is 2. The van der Waals surface area contributed by atoms with Crippen LogP contribution in [0.5, 0.6) is 0 Å². The van der Waals surface area contributed by atoms with E-state index in [1.807, 2.05) is 69.3 Å². The summed E-state index contributed by atoms with van der Waals surface area (Å²) in [5.41, 5.74) is 4.33. The lowest BCUT2D eigenvalue weighted by atomic mass is 9.84. The van der Waals surface area contributed by atoms with Crippen LogP contribution in [0.3, 0.4) is 0 Å². The first-order chi connectivity index (χ1) is 15.1. The summed E-state index contributed by atoms with van der Waals surface area (Å²) in [7, 11) is 0. The van der Waals surface area contributed by atoms with Crippen LogP contribution in [0.4, 0.5) is 13.2 Å². The molecule has 2 aromatic carbocycles. The van der Waals surface area contributed by atoms with Crippen LogP contribution < -0.4 is 0 Å². The van der Waals surface area contributed by atoms with Gasteiger partial charge in [-0.15, -0.1) is 0 Å². The van der Waals surface area contributed by atoms with Crippen molar-refractivity contribution in [3.8, 4) is 22.5 Å². The number of aromatic nitrogens is 2. The molecule has 0 saturated carbocycles. The van der Waals surface area contributed by atoms with Crippen molar-refractivity contribution in [3.05, 3.63) is 107 Å². The Morgan fingerprint density at radius 2 is 1.12 bits per heavy atom. The summed E-state index contributed by atoms with van der Waals surface area (Å²) in [6.45, 7) is 6.09. The number of aryl methyl sites for hydroxylation is 1. The smallest absolute Gasteiger partial charge is 0.252 e. The topological polar surface area (TPSA) is 25.8 Å². The molecule has 0 N–H and O–H groups in total. The summed E-state index contributed by atoms with van der Waals surface area (Å²) < 4.78 is 39.4. The first-order valence-corrected chi connectivity index (χ1v) is 10.3. The zero-order valence-electron chi connectivity index (χ0n) is 18.1. The summed E-state index contributed by atoms with van der Waals surface area (Å²) in [5, 5.41) is 0. The number of rotatable bonds is 4. The summed E-state index contributed by atoms with van der Waals surface area (Å²) >= 11 is 0. The number of hydrogen-bond donors (Lipinski definition) is 0. The van der Waals surface area contributed by atoms with Gasteiger partial charge in [0.25, 0.3) is 0 Å². The van der Waals surface area contributed by atoms with E-state index in [-0.39, 0.29) is 0 Å². The van der Waals surface area contributed by atoms with Crippen LogP contribution in [-0.4, -0.2) is 9.97 Å². The van der Waals surface area contributed by atoms with Crippen LogP contribution in [-0.2, 0) is 11.6 Å². The van der Waals surface area contributed by atoms with Crippen molar-refractivity contribution >= 4 is 0 Å². The van der Waals surface area contributed by atoms with E-state index in [0.717, 1.165) is 40.3 Å². The highest BCUT2D eigenvalue weighted by molar-refractivity contribution is 5.62. The third kappa shape index (κ3) is 4.42. The second kappa shape index (κ2) is 8.23. The Bertz CT molecular complexity index is 1260. The molecule has 0 saturated heterocycles. The van der Waals surface area contributed by atoms with Crippen molar-refractivity contribution in [1.29, 1.82) is 0 Å². The van der Waals surface area contributed by atoms with E-state index in [1.54, 1.807) is 12.1 Å². The molecule has 0 aliphatic rings. The minimum absolute atomic E-state index is 0.430. The second-order valence-electron chi connectivity index (χ2n) is 8.39. The molecule has 32 heavy (non-hydrogen) atoms. The molecule has 0 bridgehead atoms. The first-order valence-electron chi connectivity index (χ1n) is 10.3. The highest BCUT2D eigenvalue weighted by Crippen LogP contribution is 2.34. The molecule has 2 heterocycles. The fourth-order valence-corrected chi connectivity index (χ4v) is 3.68. The van der Waals surface area contributed by atoms with Crippen LogP contribution in [0.2, 0.25) is 0 Å². The molecule has 4 rings (SSSR count). The molecule has 0 fully saturated rings. The Hall–Kier alpha value is -3.47. The van der Waals surface area contributed by atoms with Gasteiger partial charge in [-0.3, -0.25) is 9.97 Å². The predicted octanol–water partition coefficient (Wildman–Crippen LogP) is 7.46. The average molecular weight is 432 g/mol. The molecule has 2 aromatic heterocycles. The summed E-state index contributed by atoms with van der Waals surface area (Å²) in [4.78, 5) is 9.62. The molecule has 5 heteroatoms. The van der Waals surface area contributed by atoms with Crippen molar-refractivity contribution < 1.29 is 13.2 Å². The summed E-state index contributed by atoms with van der Waals surface area (Å²) in [6.07, 6.45) is -4.40. The monoisotopic (exact) mass is 432 g/mol. The number of benzene rings is 2. The second-order valence-corrected chi connectivity index (χ2v) is 8.39. The van der Waals surface area contributed by atoms with Gasteiger partial charge in [0.15, 0.2) is 0 Å². The maximum absolute atomic E-state index is 13.1. The molecule has 0 aliphatic carbocycles. The van der Waals surface area contributed by atoms with E-state index in [0.29, 0.717) is 11.3 Å². The van der Waals surface area contributed by atoms with Crippen molar-refractivity contribution in [2.45, 2.75) is 32.4 Å². The molecule has 162 valence electrons. The molecule has 0 amide bonds. The van der Waals surface area contributed by atoms with E-state index >= 15 is 0 Å². The Morgan fingerprint density at radius 1 is 0.625 bits per heavy atom. The van der Waals surface area contributed by atoms with Crippen LogP contribution >= 0.6 is 0 Å². The van der Waals surface area contributed by atoms with Crippen molar-refractivity contribution in [2.24, 2.45) is 0 Å². The highest BCUT2D eigenvalue weighted by atomic mass is 19.4. The SMILES string of the molecule is Cc1cccc(-c2cccc(C(C)(C)c3cccc(-c4cccc(C(F)(F)F)c4)n3)n2)c1. The molecule has 0 spiro atoms. The fourth-order valence-electron chi connectivity index (χ4n) is 3.68. The quantitative estimate of drug-likeness (QED) is 0.334. The fraction of sp³-hybridized carbons (Fsp3) is 0.185. The van der Waals surface area contributed by atoms with Crippen molar-refractivity contribution in [2.75, 3.05) is 0 Å². The predicted molar refractivity (Wildman–Crippen MR) is 121 cm³/mol. The van der Waals surface area contributed by atoms with Gasteiger partial charge in [0.05, 0.1) is 28.3 Å². The van der Waals surface area contributed by atoms with Crippen molar-refractivity contribution in [3.63, 3.8) is 0 Å². The summed E-state index contributed by atoms with van der Waals surface area (Å²) in [6, 6.07) is 24.8. The molecule has 4 aromatic rings. The zero-order valence-corrected chi connectivity index (χ0v) is 18.1. The van der Waals surface area contributed by atoms with Crippen LogP contribution in [0.15, 0.2) is 84.9 Å². The number of alkyl halides is 3. The standard InChI is InChI=1S/C27H23F3N2/c1-18-8-4-9-19(16-18)22-12-6-14-24(31-22)26(2,3)25-15-7-13-23(32-25)20-10-5-11-21(17-20)27(28,29)30/h4-17H,1-3H3. The normalized spacial score (nSPS) is 12.1. The van der Waals surface area contributed by atoms with E-state index in [2.05, 4.69) is 6.07 Å². The average Bonchev–Trinajstić information content (AvgIpc) is 2.79. The summed E-state index contributed by atoms with van der Waals surface area (Å²) in [5.74, 6) is 0. The van der Waals surface area contributed by atoms with E-state index in [1.165, 1.54) is 6.07 Å². The largest absolute Gasteiger partial charge is 0.416 e. The molecule has 2 nitrogen and oxygen atoms in total. The van der Waals surface area contributed by atoms with E-state index in [9.17, 15) is 13.2 Å². The van der Waals surface area contributed by atoms with Gasteiger partial charge in [0.2, 0.25) is 0 Å². The number of nitrogens with zero attached hydrogens (tertiary/aromatic N) is 2. The molecular weight excluding hydrogens is 409 g/mol. The maximum Gasteiger partial charge on any atom is 0.416 e. The first kappa shape index (κ1) is 21.8. The Morgan fingerprint density at radius 3 is 1.66 bits per heavy atom. The number of halogens is 3. The molecule has 0 atom stereocenters. The van der Waals surface area contributed by atoms with Gasteiger partial charge in [0.1, 0.15) is 0 Å². The van der Waals surface area contributed by atoms with Gasteiger partial charge in [-0.05, 0) is 63.2 Å². The molecule has 0 aliphatic heterocycles. The third-order valence-corrected chi connectivity index (χ3v) is 5.58. The van der Waals surface area contributed by atoms with E-state index < -0.39 is 17.2 Å². The molecule has 0 unspecified atom stereocenters.